The monoisotopic (exact) mass is 231 g/mol. The lowest BCUT2D eigenvalue weighted by Crippen LogP contribution is -2.16. The minimum atomic E-state index is 0.212. The Labute approximate surface area is 101 Å². The van der Waals surface area contributed by atoms with Gasteiger partial charge in [0.05, 0.1) is 19.1 Å². The highest BCUT2D eigenvalue weighted by atomic mass is 16.5. The predicted octanol–water partition coefficient (Wildman–Crippen LogP) is 2.16. The van der Waals surface area contributed by atoms with Gasteiger partial charge in [0.25, 0.3) is 0 Å². The van der Waals surface area contributed by atoms with Crippen LogP contribution in [0, 0.1) is 0 Å². The van der Waals surface area contributed by atoms with Crippen LogP contribution in [0.5, 0.6) is 5.75 Å². The zero-order valence-corrected chi connectivity index (χ0v) is 10.3. The number of aromatic nitrogens is 2. The summed E-state index contributed by atoms with van der Waals surface area (Å²) in [5.74, 6) is 0.887. The second-order valence-electron chi connectivity index (χ2n) is 3.87. The Bertz CT molecular complexity index is 479. The predicted molar refractivity (Wildman–Crippen MR) is 67.6 cm³/mol. The van der Waals surface area contributed by atoms with Crippen molar-refractivity contribution in [2.45, 2.75) is 13.0 Å². The van der Waals surface area contributed by atoms with Crippen LogP contribution in [0.2, 0.25) is 0 Å². The van der Waals surface area contributed by atoms with Gasteiger partial charge < -0.3 is 14.6 Å². The third-order valence-corrected chi connectivity index (χ3v) is 2.91. The highest BCUT2D eigenvalue weighted by molar-refractivity contribution is 5.51. The summed E-state index contributed by atoms with van der Waals surface area (Å²) in [6, 6.07) is 6.24. The van der Waals surface area contributed by atoms with Gasteiger partial charge in [0.2, 0.25) is 0 Å². The van der Waals surface area contributed by atoms with Gasteiger partial charge in [-0.25, -0.2) is 4.98 Å². The van der Waals surface area contributed by atoms with E-state index < -0.39 is 0 Å². The van der Waals surface area contributed by atoms with Crippen LogP contribution in [0.15, 0.2) is 36.9 Å². The summed E-state index contributed by atoms with van der Waals surface area (Å²) in [6.07, 6.45) is 5.49. The Morgan fingerprint density at radius 3 is 2.82 bits per heavy atom. The van der Waals surface area contributed by atoms with Crippen LogP contribution in [0.3, 0.4) is 0 Å². The molecule has 0 bridgehead atoms. The zero-order valence-electron chi connectivity index (χ0n) is 10.3. The van der Waals surface area contributed by atoms with Gasteiger partial charge in [0, 0.05) is 24.0 Å². The largest absolute Gasteiger partial charge is 0.496 e. The second kappa shape index (κ2) is 5.01. The molecule has 1 heterocycles. The number of rotatable bonds is 4. The molecule has 0 aliphatic rings. The number of nitrogens with zero attached hydrogens (tertiary/aromatic N) is 2. The van der Waals surface area contributed by atoms with Crippen molar-refractivity contribution in [3.8, 4) is 11.4 Å². The first-order valence-corrected chi connectivity index (χ1v) is 5.60. The lowest BCUT2D eigenvalue weighted by Gasteiger charge is -2.19. The fraction of sp³-hybridized carbons (Fsp3) is 0.308. The van der Waals surface area contributed by atoms with E-state index in [0.29, 0.717) is 0 Å². The molecular formula is C13H17N3O. The summed E-state index contributed by atoms with van der Waals surface area (Å²) >= 11 is 0. The average Bonchev–Trinajstić information content (AvgIpc) is 2.90. The number of benzene rings is 1. The maximum Gasteiger partial charge on any atom is 0.125 e. The summed E-state index contributed by atoms with van der Waals surface area (Å²) in [4.78, 5) is 4.08. The van der Waals surface area contributed by atoms with E-state index in [9.17, 15) is 0 Å². The van der Waals surface area contributed by atoms with Crippen molar-refractivity contribution in [3.63, 3.8) is 0 Å². The molecule has 0 saturated heterocycles. The van der Waals surface area contributed by atoms with Crippen molar-refractivity contribution >= 4 is 0 Å². The Kier molecular flexibility index (Phi) is 3.44. The van der Waals surface area contributed by atoms with Gasteiger partial charge in [-0.3, -0.25) is 0 Å². The van der Waals surface area contributed by atoms with E-state index in [0.717, 1.165) is 17.0 Å². The molecule has 1 aromatic heterocycles. The molecule has 0 spiro atoms. The van der Waals surface area contributed by atoms with Crippen molar-refractivity contribution in [2.75, 3.05) is 14.2 Å². The first-order valence-electron chi connectivity index (χ1n) is 5.60. The molecule has 4 nitrogen and oxygen atoms in total. The standard InChI is InChI=1S/C13H17N3O/c1-10(14-2)13-11(16-8-7-15-9-16)5-4-6-12(13)17-3/h4-10,14H,1-3H3. The van der Waals surface area contributed by atoms with E-state index >= 15 is 0 Å². The number of imidazole rings is 1. The van der Waals surface area contributed by atoms with Crippen LogP contribution in [0.4, 0.5) is 0 Å². The molecule has 0 fully saturated rings. The fourth-order valence-corrected chi connectivity index (χ4v) is 1.92. The maximum atomic E-state index is 5.43. The SMILES string of the molecule is CNC(C)c1c(OC)cccc1-n1ccnc1. The van der Waals surface area contributed by atoms with Crippen molar-refractivity contribution in [2.24, 2.45) is 0 Å². The molecule has 1 unspecified atom stereocenters. The molecule has 1 aromatic carbocycles. The highest BCUT2D eigenvalue weighted by Gasteiger charge is 2.15. The zero-order chi connectivity index (χ0) is 12.3. The molecule has 0 aliphatic heterocycles. The molecule has 90 valence electrons. The van der Waals surface area contributed by atoms with Crippen LogP contribution in [0.1, 0.15) is 18.5 Å². The Hall–Kier alpha value is -1.81. The summed E-state index contributed by atoms with van der Waals surface area (Å²) in [6.45, 7) is 2.11. The molecule has 1 atom stereocenters. The molecule has 17 heavy (non-hydrogen) atoms. The molecule has 2 rings (SSSR count). The van der Waals surface area contributed by atoms with Crippen molar-refractivity contribution in [3.05, 3.63) is 42.5 Å². The van der Waals surface area contributed by atoms with E-state index in [1.807, 2.05) is 29.9 Å². The first-order chi connectivity index (χ1) is 8.27. The third kappa shape index (κ3) is 2.17. The average molecular weight is 231 g/mol. The maximum absolute atomic E-state index is 5.43. The van der Waals surface area contributed by atoms with E-state index in [2.05, 4.69) is 23.3 Å². The van der Waals surface area contributed by atoms with Gasteiger partial charge >= 0.3 is 0 Å². The molecule has 0 radical (unpaired) electrons. The van der Waals surface area contributed by atoms with Gasteiger partial charge in [0.15, 0.2) is 0 Å². The van der Waals surface area contributed by atoms with Gasteiger partial charge in [-0.15, -0.1) is 0 Å². The lowest BCUT2D eigenvalue weighted by molar-refractivity contribution is 0.403. The van der Waals surface area contributed by atoms with Crippen LogP contribution < -0.4 is 10.1 Å². The molecular weight excluding hydrogens is 214 g/mol. The number of hydrogen-bond donors (Lipinski definition) is 1. The quantitative estimate of drug-likeness (QED) is 0.876. The number of hydrogen-bond acceptors (Lipinski definition) is 3. The summed E-state index contributed by atoms with van der Waals surface area (Å²) in [5, 5.41) is 3.24. The normalized spacial score (nSPS) is 12.4. The Balaban J connectivity index is 2.58. The van der Waals surface area contributed by atoms with Gasteiger partial charge in [-0.1, -0.05) is 6.07 Å². The van der Waals surface area contributed by atoms with E-state index in [1.165, 1.54) is 0 Å². The lowest BCUT2D eigenvalue weighted by atomic mass is 10.0. The van der Waals surface area contributed by atoms with Crippen LogP contribution in [-0.2, 0) is 0 Å². The number of ether oxygens (including phenoxy) is 1. The molecule has 0 saturated carbocycles. The van der Waals surface area contributed by atoms with Crippen LogP contribution in [-0.4, -0.2) is 23.7 Å². The highest BCUT2D eigenvalue weighted by Crippen LogP contribution is 2.30. The van der Waals surface area contributed by atoms with Gasteiger partial charge in [-0.2, -0.15) is 0 Å². The number of nitrogens with one attached hydrogen (secondary N) is 1. The Morgan fingerprint density at radius 1 is 1.41 bits per heavy atom. The molecule has 4 heteroatoms. The minimum Gasteiger partial charge on any atom is -0.496 e. The molecule has 2 aromatic rings. The summed E-state index contributed by atoms with van der Waals surface area (Å²) in [5.41, 5.74) is 2.22. The Morgan fingerprint density at radius 2 is 2.24 bits per heavy atom. The topological polar surface area (TPSA) is 39.1 Å². The molecule has 0 amide bonds. The second-order valence-corrected chi connectivity index (χ2v) is 3.87. The first kappa shape index (κ1) is 11.7. The number of methoxy groups -OCH3 is 1. The van der Waals surface area contributed by atoms with Crippen LogP contribution in [0.25, 0.3) is 5.69 Å². The van der Waals surface area contributed by atoms with Crippen LogP contribution >= 0.6 is 0 Å². The van der Waals surface area contributed by atoms with E-state index in [4.69, 9.17) is 4.74 Å². The van der Waals surface area contributed by atoms with Crippen molar-refractivity contribution in [1.29, 1.82) is 0 Å². The minimum absolute atomic E-state index is 0.212. The van der Waals surface area contributed by atoms with Crippen molar-refractivity contribution < 1.29 is 4.74 Å². The fourth-order valence-electron chi connectivity index (χ4n) is 1.92. The van der Waals surface area contributed by atoms with E-state index in [-0.39, 0.29) is 6.04 Å². The summed E-state index contributed by atoms with van der Waals surface area (Å²) in [7, 11) is 3.63. The van der Waals surface area contributed by atoms with Gasteiger partial charge in [0.1, 0.15) is 5.75 Å². The molecule has 1 N–H and O–H groups in total. The summed E-state index contributed by atoms with van der Waals surface area (Å²) < 4.78 is 7.43. The van der Waals surface area contributed by atoms with Crippen molar-refractivity contribution in [1.82, 2.24) is 14.9 Å². The smallest absolute Gasteiger partial charge is 0.125 e. The molecule has 0 aliphatic carbocycles. The van der Waals surface area contributed by atoms with E-state index in [1.54, 1.807) is 19.6 Å². The third-order valence-electron chi connectivity index (χ3n) is 2.91. The van der Waals surface area contributed by atoms with Gasteiger partial charge in [-0.05, 0) is 26.1 Å².